The Morgan fingerprint density at radius 1 is 1.60 bits per heavy atom. The molecule has 1 aromatic heterocycles. The van der Waals surface area contributed by atoms with Gasteiger partial charge in [0.2, 0.25) is 0 Å². The van der Waals surface area contributed by atoms with Gasteiger partial charge in [-0.1, -0.05) is 0 Å². The first kappa shape index (κ1) is 14.6. The first-order chi connectivity index (χ1) is 6.16. The topological polar surface area (TPSA) is 70.8 Å². The first-order valence-corrected chi connectivity index (χ1v) is 4.52. The molecule has 1 aliphatic rings. The van der Waals surface area contributed by atoms with Gasteiger partial charge in [-0.3, -0.25) is 4.90 Å². The van der Waals surface area contributed by atoms with Crippen molar-refractivity contribution in [1.29, 1.82) is 0 Å². The third-order valence-electron chi connectivity index (χ3n) is 2.43. The maximum atomic E-state index is 6.01. The SMILES string of the molecule is CC1(N)CCN(Cc2cn[nH]n2)C1.Cl.Cl. The van der Waals surface area contributed by atoms with Gasteiger partial charge in [-0.2, -0.15) is 15.4 Å². The Labute approximate surface area is 102 Å². The molecule has 2 heterocycles. The van der Waals surface area contributed by atoms with E-state index in [0.29, 0.717) is 0 Å². The minimum absolute atomic E-state index is 0. The highest BCUT2D eigenvalue weighted by molar-refractivity contribution is 5.85. The van der Waals surface area contributed by atoms with Crippen LogP contribution in [0.3, 0.4) is 0 Å². The molecule has 1 aliphatic heterocycles. The lowest BCUT2D eigenvalue weighted by Gasteiger charge is -2.18. The number of nitrogens with one attached hydrogen (secondary N) is 1. The van der Waals surface area contributed by atoms with Crippen molar-refractivity contribution < 1.29 is 0 Å². The maximum Gasteiger partial charge on any atom is 0.0964 e. The van der Waals surface area contributed by atoms with Gasteiger partial charge in [0.1, 0.15) is 0 Å². The Bertz CT molecular complexity index is 275. The van der Waals surface area contributed by atoms with Gasteiger partial charge in [-0.05, 0) is 13.3 Å². The zero-order chi connectivity index (χ0) is 9.31. The van der Waals surface area contributed by atoms with Crippen LogP contribution in [-0.4, -0.2) is 38.9 Å². The van der Waals surface area contributed by atoms with Gasteiger partial charge >= 0.3 is 0 Å². The fourth-order valence-corrected chi connectivity index (χ4v) is 1.75. The molecule has 0 radical (unpaired) electrons. The Morgan fingerprint density at radius 2 is 2.33 bits per heavy atom. The second kappa shape index (κ2) is 5.65. The number of H-pyrrole nitrogens is 1. The average Bonchev–Trinajstić information content (AvgIpc) is 2.61. The van der Waals surface area contributed by atoms with Crippen molar-refractivity contribution in [3.63, 3.8) is 0 Å². The molecule has 3 N–H and O–H groups in total. The van der Waals surface area contributed by atoms with Crippen molar-refractivity contribution >= 4 is 24.8 Å². The second-order valence-electron chi connectivity index (χ2n) is 4.08. The quantitative estimate of drug-likeness (QED) is 0.809. The van der Waals surface area contributed by atoms with E-state index in [0.717, 1.165) is 31.7 Å². The first-order valence-electron chi connectivity index (χ1n) is 4.52. The van der Waals surface area contributed by atoms with Crippen LogP contribution in [0.2, 0.25) is 0 Å². The molecule has 1 aromatic rings. The minimum Gasteiger partial charge on any atom is -0.324 e. The number of halogens is 2. The fraction of sp³-hybridized carbons (Fsp3) is 0.750. The Morgan fingerprint density at radius 3 is 2.80 bits per heavy atom. The summed E-state index contributed by atoms with van der Waals surface area (Å²) in [5, 5.41) is 10.4. The maximum absolute atomic E-state index is 6.01. The van der Waals surface area contributed by atoms with Gasteiger partial charge in [0, 0.05) is 25.2 Å². The summed E-state index contributed by atoms with van der Waals surface area (Å²) in [7, 11) is 0. The minimum atomic E-state index is -0.0241. The van der Waals surface area contributed by atoms with E-state index in [1.54, 1.807) is 6.20 Å². The summed E-state index contributed by atoms with van der Waals surface area (Å²) in [4.78, 5) is 2.30. The van der Waals surface area contributed by atoms with E-state index in [4.69, 9.17) is 5.73 Å². The van der Waals surface area contributed by atoms with Gasteiger partial charge in [0.15, 0.2) is 0 Å². The van der Waals surface area contributed by atoms with Crippen LogP contribution in [0.5, 0.6) is 0 Å². The third kappa shape index (κ3) is 3.95. The molecule has 1 fully saturated rings. The molecule has 5 nitrogen and oxygen atoms in total. The molecule has 0 amide bonds. The molecule has 7 heteroatoms. The van der Waals surface area contributed by atoms with Crippen LogP contribution in [-0.2, 0) is 6.54 Å². The van der Waals surface area contributed by atoms with Crippen LogP contribution >= 0.6 is 24.8 Å². The summed E-state index contributed by atoms with van der Waals surface area (Å²) >= 11 is 0. The summed E-state index contributed by atoms with van der Waals surface area (Å²) in [5.74, 6) is 0. The Balaban J connectivity index is 0.000000980. The predicted octanol–water partition coefficient (Wildman–Crippen LogP) is 0.571. The molecular formula is C8H17Cl2N5. The van der Waals surface area contributed by atoms with Crippen LogP contribution in [0.15, 0.2) is 6.20 Å². The number of hydrogen-bond donors (Lipinski definition) is 2. The van der Waals surface area contributed by atoms with E-state index >= 15 is 0 Å². The zero-order valence-electron chi connectivity index (χ0n) is 8.64. The van der Waals surface area contributed by atoms with Crippen LogP contribution in [0.25, 0.3) is 0 Å². The van der Waals surface area contributed by atoms with E-state index in [2.05, 4.69) is 27.2 Å². The molecule has 0 saturated carbocycles. The average molecular weight is 254 g/mol. The predicted molar refractivity (Wildman–Crippen MR) is 63.4 cm³/mol. The zero-order valence-corrected chi connectivity index (χ0v) is 10.3. The molecule has 1 atom stereocenters. The van der Waals surface area contributed by atoms with Crippen molar-refractivity contribution in [2.45, 2.75) is 25.4 Å². The lowest BCUT2D eigenvalue weighted by Crippen LogP contribution is -2.38. The van der Waals surface area contributed by atoms with Gasteiger partial charge in [-0.25, -0.2) is 0 Å². The monoisotopic (exact) mass is 253 g/mol. The summed E-state index contributed by atoms with van der Waals surface area (Å²) in [6.45, 7) is 4.94. The van der Waals surface area contributed by atoms with Crippen LogP contribution < -0.4 is 5.73 Å². The molecular weight excluding hydrogens is 237 g/mol. The molecule has 1 unspecified atom stereocenters. The number of nitrogens with zero attached hydrogens (tertiary/aromatic N) is 3. The highest BCUT2D eigenvalue weighted by Crippen LogP contribution is 2.18. The van der Waals surface area contributed by atoms with Crippen molar-refractivity contribution in [1.82, 2.24) is 20.3 Å². The Hall–Kier alpha value is -0.360. The second-order valence-corrected chi connectivity index (χ2v) is 4.08. The van der Waals surface area contributed by atoms with Crippen molar-refractivity contribution in [3.8, 4) is 0 Å². The third-order valence-corrected chi connectivity index (χ3v) is 2.43. The van der Waals surface area contributed by atoms with E-state index in [1.807, 2.05) is 0 Å². The summed E-state index contributed by atoms with van der Waals surface area (Å²) < 4.78 is 0. The number of likely N-dealkylation sites (tertiary alicyclic amines) is 1. The largest absolute Gasteiger partial charge is 0.324 e. The Kier molecular flexibility index (Phi) is 5.51. The van der Waals surface area contributed by atoms with E-state index < -0.39 is 0 Å². The molecule has 88 valence electrons. The molecule has 0 bridgehead atoms. The smallest absolute Gasteiger partial charge is 0.0964 e. The highest BCUT2D eigenvalue weighted by atomic mass is 35.5. The lowest BCUT2D eigenvalue weighted by molar-refractivity contribution is 0.306. The summed E-state index contributed by atoms with van der Waals surface area (Å²) in [6.07, 6.45) is 2.82. The van der Waals surface area contributed by atoms with Gasteiger partial charge in [-0.15, -0.1) is 24.8 Å². The fourth-order valence-electron chi connectivity index (χ4n) is 1.75. The number of hydrogen-bond acceptors (Lipinski definition) is 4. The molecule has 1 saturated heterocycles. The number of rotatable bonds is 2. The summed E-state index contributed by atoms with van der Waals surface area (Å²) in [6, 6.07) is 0. The number of aromatic nitrogens is 3. The molecule has 2 rings (SSSR count). The van der Waals surface area contributed by atoms with Crippen LogP contribution in [0, 0.1) is 0 Å². The normalized spacial score (nSPS) is 25.7. The summed E-state index contributed by atoms with van der Waals surface area (Å²) in [5.41, 5.74) is 6.97. The van der Waals surface area contributed by atoms with Crippen LogP contribution in [0.4, 0.5) is 0 Å². The van der Waals surface area contributed by atoms with E-state index in [9.17, 15) is 0 Å². The molecule has 0 aliphatic carbocycles. The van der Waals surface area contributed by atoms with Crippen molar-refractivity contribution in [2.75, 3.05) is 13.1 Å². The molecule has 15 heavy (non-hydrogen) atoms. The van der Waals surface area contributed by atoms with Crippen molar-refractivity contribution in [3.05, 3.63) is 11.9 Å². The molecule has 0 aromatic carbocycles. The lowest BCUT2D eigenvalue weighted by atomic mass is 10.0. The molecule has 0 spiro atoms. The van der Waals surface area contributed by atoms with Gasteiger partial charge in [0.05, 0.1) is 11.9 Å². The van der Waals surface area contributed by atoms with E-state index in [1.165, 1.54) is 0 Å². The standard InChI is InChI=1S/C8H15N5.2ClH/c1-8(9)2-3-13(6-8)5-7-4-10-12-11-7;;/h4H,2-3,5-6,9H2,1H3,(H,10,11,12);2*1H. The van der Waals surface area contributed by atoms with Gasteiger partial charge in [0.25, 0.3) is 0 Å². The van der Waals surface area contributed by atoms with Crippen molar-refractivity contribution in [2.24, 2.45) is 5.73 Å². The van der Waals surface area contributed by atoms with E-state index in [-0.39, 0.29) is 30.4 Å². The van der Waals surface area contributed by atoms with Crippen LogP contribution in [0.1, 0.15) is 19.0 Å². The number of aromatic amines is 1. The number of nitrogens with two attached hydrogens (primary N) is 1. The van der Waals surface area contributed by atoms with Gasteiger partial charge < -0.3 is 5.73 Å². The highest BCUT2D eigenvalue weighted by Gasteiger charge is 2.29.